The van der Waals surface area contributed by atoms with Crippen LogP contribution in [-0.4, -0.2) is 4.98 Å². The van der Waals surface area contributed by atoms with Crippen LogP contribution in [0.4, 0.5) is 0 Å². The number of ether oxygens (including phenoxy) is 1. The fraction of sp³-hybridized carbons (Fsp3) is 0.0909. The third kappa shape index (κ3) is 2.61. The molecule has 0 bridgehead atoms. The maximum Gasteiger partial charge on any atom is 0.402 e. The molecule has 0 saturated heterocycles. The van der Waals surface area contributed by atoms with E-state index in [9.17, 15) is 4.79 Å². The van der Waals surface area contributed by atoms with Crippen LogP contribution in [0.5, 0.6) is 11.8 Å². The highest BCUT2D eigenvalue weighted by Gasteiger charge is 2.03. The van der Waals surface area contributed by atoms with E-state index in [1.165, 1.54) is 6.07 Å². The average Bonchev–Trinajstić information content (AvgIpc) is 2.20. The van der Waals surface area contributed by atoms with Crippen LogP contribution in [0.25, 0.3) is 0 Å². The van der Waals surface area contributed by atoms with E-state index in [4.69, 9.17) is 20.8 Å². The van der Waals surface area contributed by atoms with Crippen LogP contribution < -0.4 is 10.4 Å². The van der Waals surface area contributed by atoms with Gasteiger partial charge in [-0.3, -0.25) is 0 Å². The number of hydrogen-bond acceptors (Lipinski definition) is 4. The Morgan fingerprint density at radius 2 is 2.00 bits per heavy atom. The van der Waals surface area contributed by atoms with Crippen molar-refractivity contribution in [2.45, 2.75) is 6.92 Å². The van der Waals surface area contributed by atoms with Crippen LogP contribution in [0, 0.1) is 6.92 Å². The summed E-state index contributed by atoms with van der Waals surface area (Å²) in [4.78, 5) is 15.0. The Hall–Kier alpha value is -1.81. The van der Waals surface area contributed by atoms with Gasteiger partial charge in [0, 0.05) is 11.1 Å². The number of hydrogen-bond donors (Lipinski definition) is 0. The van der Waals surface area contributed by atoms with Crippen LogP contribution in [-0.2, 0) is 0 Å². The molecule has 0 unspecified atom stereocenters. The molecular weight excluding hydrogens is 230 g/mol. The van der Waals surface area contributed by atoms with Crippen molar-refractivity contribution < 1.29 is 9.15 Å². The van der Waals surface area contributed by atoms with Gasteiger partial charge in [0.2, 0.25) is 0 Å². The molecular formula is C11H8ClNO3. The van der Waals surface area contributed by atoms with Crippen molar-refractivity contribution in [3.63, 3.8) is 0 Å². The molecule has 1 aromatic carbocycles. The second kappa shape index (κ2) is 4.37. The van der Waals surface area contributed by atoms with Gasteiger partial charge in [-0.05, 0) is 31.2 Å². The predicted octanol–water partition coefficient (Wildman–Crippen LogP) is 2.79. The molecule has 0 atom stereocenters. The smallest absolute Gasteiger partial charge is 0.402 e. The summed E-state index contributed by atoms with van der Waals surface area (Å²) in [5.41, 5.74) is 0.0525. The summed E-state index contributed by atoms with van der Waals surface area (Å²) < 4.78 is 10.0. The fourth-order valence-corrected chi connectivity index (χ4v) is 1.26. The number of aryl methyl sites for hydroxylation is 1. The molecule has 0 radical (unpaired) electrons. The zero-order valence-electron chi connectivity index (χ0n) is 8.44. The van der Waals surface area contributed by atoms with E-state index >= 15 is 0 Å². The normalized spacial score (nSPS) is 10.1. The van der Waals surface area contributed by atoms with Gasteiger partial charge in [0.25, 0.3) is 0 Å². The molecule has 16 heavy (non-hydrogen) atoms. The first-order chi connectivity index (χ1) is 7.63. The molecule has 2 aromatic rings. The van der Waals surface area contributed by atoms with Gasteiger partial charge in [0.05, 0.1) is 5.69 Å². The van der Waals surface area contributed by atoms with E-state index in [1.807, 2.05) is 0 Å². The monoisotopic (exact) mass is 237 g/mol. The third-order valence-corrected chi connectivity index (χ3v) is 2.05. The molecule has 0 aliphatic carbocycles. The molecule has 0 N–H and O–H groups in total. The van der Waals surface area contributed by atoms with E-state index in [0.29, 0.717) is 16.5 Å². The summed E-state index contributed by atoms with van der Waals surface area (Å²) in [5.74, 6) is 0.505. The largest absolute Gasteiger partial charge is 0.411 e. The van der Waals surface area contributed by atoms with Crippen molar-refractivity contribution in [2.24, 2.45) is 0 Å². The van der Waals surface area contributed by atoms with Crippen molar-refractivity contribution in [2.75, 3.05) is 0 Å². The van der Waals surface area contributed by atoms with Crippen molar-refractivity contribution in [1.29, 1.82) is 0 Å². The second-order valence-electron chi connectivity index (χ2n) is 3.14. The quantitative estimate of drug-likeness (QED) is 0.806. The van der Waals surface area contributed by atoms with Gasteiger partial charge in [-0.15, -0.1) is 0 Å². The molecule has 0 aliphatic heterocycles. The zero-order chi connectivity index (χ0) is 11.5. The lowest BCUT2D eigenvalue weighted by atomic mass is 10.3. The third-order valence-electron chi connectivity index (χ3n) is 1.80. The van der Waals surface area contributed by atoms with Gasteiger partial charge < -0.3 is 9.15 Å². The highest BCUT2D eigenvalue weighted by atomic mass is 35.5. The lowest BCUT2D eigenvalue weighted by Crippen LogP contribution is -2.01. The molecule has 82 valence electrons. The first kappa shape index (κ1) is 10.7. The van der Waals surface area contributed by atoms with Gasteiger partial charge in [0.15, 0.2) is 0 Å². The zero-order valence-corrected chi connectivity index (χ0v) is 9.19. The Kier molecular flexibility index (Phi) is 2.92. The van der Waals surface area contributed by atoms with Crippen LogP contribution in [0.2, 0.25) is 5.02 Å². The first-order valence-electron chi connectivity index (χ1n) is 4.56. The molecule has 5 heteroatoms. The Balaban J connectivity index is 2.26. The maximum absolute atomic E-state index is 11.0. The Labute approximate surface area is 96.5 Å². The molecule has 0 saturated carbocycles. The average molecular weight is 238 g/mol. The molecule has 0 spiro atoms. The fourth-order valence-electron chi connectivity index (χ4n) is 1.13. The minimum Gasteiger partial charge on any atom is -0.411 e. The van der Waals surface area contributed by atoms with Crippen LogP contribution in [0.3, 0.4) is 0 Å². The molecule has 1 heterocycles. The number of rotatable bonds is 2. The Bertz CT molecular complexity index is 548. The minimum atomic E-state index is -0.489. The highest BCUT2D eigenvalue weighted by Crippen LogP contribution is 2.20. The Morgan fingerprint density at radius 1 is 1.31 bits per heavy atom. The van der Waals surface area contributed by atoms with Crippen LogP contribution >= 0.6 is 11.6 Å². The number of halogens is 1. The lowest BCUT2D eigenvalue weighted by Gasteiger charge is -2.02. The van der Waals surface area contributed by atoms with Crippen LogP contribution in [0.1, 0.15) is 5.69 Å². The SMILES string of the molecule is Cc1cc(=O)oc(Oc2ccc(Cl)cc2)n1. The van der Waals surface area contributed by atoms with Crippen molar-refractivity contribution in [1.82, 2.24) is 4.98 Å². The standard InChI is InChI=1S/C11H8ClNO3/c1-7-6-10(14)16-11(13-7)15-9-4-2-8(12)3-5-9/h2-6H,1H3. The second-order valence-corrected chi connectivity index (χ2v) is 3.58. The van der Waals surface area contributed by atoms with E-state index in [1.54, 1.807) is 31.2 Å². The topological polar surface area (TPSA) is 52.3 Å². The molecule has 2 rings (SSSR count). The van der Waals surface area contributed by atoms with Crippen molar-refractivity contribution in [3.05, 3.63) is 51.5 Å². The number of nitrogens with zero attached hydrogens (tertiary/aromatic N) is 1. The molecule has 0 fully saturated rings. The summed E-state index contributed by atoms with van der Waals surface area (Å²) in [6.07, 6.45) is -0.0766. The van der Waals surface area contributed by atoms with E-state index in [0.717, 1.165) is 0 Å². The van der Waals surface area contributed by atoms with E-state index < -0.39 is 5.63 Å². The van der Waals surface area contributed by atoms with Crippen molar-refractivity contribution in [3.8, 4) is 11.8 Å². The molecule has 1 aromatic heterocycles. The first-order valence-corrected chi connectivity index (χ1v) is 4.93. The summed E-state index contributed by atoms with van der Waals surface area (Å²) in [7, 11) is 0. The van der Waals surface area contributed by atoms with Gasteiger partial charge >= 0.3 is 11.7 Å². The summed E-state index contributed by atoms with van der Waals surface area (Å²) in [6, 6.07) is 7.95. The molecule has 0 aliphatic rings. The summed E-state index contributed by atoms with van der Waals surface area (Å²) in [6.45, 7) is 1.69. The van der Waals surface area contributed by atoms with E-state index in [2.05, 4.69) is 4.98 Å². The van der Waals surface area contributed by atoms with Crippen LogP contribution in [0.15, 0.2) is 39.5 Å². The number of benzene rings is 1. The van der Waals surface area contributed by atoms with Crippen molar-refractivity contribution >= 4 is 11.6 Å². The van der Waals surface area contributed by atoms with Gasteiger partial charge in [-0.25, -0.2) is 4.79 Å². The van der Waals surface area contributed by atoms with Gasteiger partial charge in [-0.2, -0.15) is 4.98 Å². The minimum absolute atomic E-state index is 0.0766. The Morgan fingerprint density at radius 3 is 2.62 bits per heavy atom. The molecule has 4 nitrogen and oxygen atoms in total. The summed E-state index contributed by atoms with van der Waals surface area (Å²) in [5, 5.41) is 0.603. The van der Waals surface area contributed by atoms with E-state index in [-0.39, 0.29) is 6.08 Å². The molecule has 0 amide bonds. The lowest BCUT2D eigenvalue weighted by molar-refractivity contribution is 0.300. The predicted molar refractivity (Wildman–Crippen MR) is 59.0 cm³/mol. The summed E-state index contributed by atoms with van der Waals surface area (Å²) >= 11 is 5.72. The number of aromatic nitrogens is 1. The highest BCUT2D eigenvalue weighted by molar-refractivity contribution is 6.30. The maximum atomic E-state index is 11.0. The van der Waals surface area contributed by atoms with Gasteiger partial charge in [0.1, 0.15) is 5.75 Å². The van der Waals surface area contributed by atoms with Gasteiger partial charge in [-0.1, -0.05) is 11.6 Å².